The molecule has 0 spiro atoms. The highest BCUT2D eigenvalue weighted by molar-refractivity contribution is 5.82. The second-order valence-electron chi connectivity index (χ2n) is 4.27. The smallest absolute Gasteiger partial charge is 0.120 e. The van der Waals surface area contributed by atoms with E-state index in [0.717, 1.165) is 28.0 Å². The van der Waals surface area contributed by atoms with E-state index >= 15 is 0 Å². The van der Waals surface area contributed by atoms with Gasteiger partial charge < -0.3 is 10.1 Å². The molecule has 0 amide bonds. The first kappa shape index (κ1) is 11.5. The predicted molar refractivity (Wildman–Crippen MR) is 78.0 cm³/mol. The van der Waals surface area contributed by atoms with Crippen LogP contribution in [0.5, 0.6) is 5.75 Å². The molecule has 3 heteroatoms. The Hall–Kier alpha value is -2.55. The van der Waals surface area contributed by atoms with Gasteiger partial charge in [-0.3, -0.25) is 4.98 Å². The number of nitrogens with zero attached hydrogens (tertiary/aromatic N) is 1. The van der Waals surface area contributed by atoms with Gasteiger partial charge in [-0.25, -0.2) is 0 Å². The summed E-state index contributed by atoms with van der Waals surface area (Å²) in [5.74, 6) is 0.832. The average Bonchev–Trinajstić information content (AvgIpc) is 2.47. The van der Waals surface area contributed by atoms with Gasteiger partial charge in [0.2, 0.25) is 0 Å². The van der Waals surface area contributed by atoms with Gasteiger partial charge in [0.05, 0.1) is 24.5 Å². The van der Waals surface area contributed by atoms with Crippen molar-refractivity contribution < 1.29 is 4.74 Å². The predicted octanol–water partition coefficient (Wildman–Crippen LogP) is 3.99. The highest BCUT2D eigenvalue weighted by atomic mass is 16.5. The standard InChI is InChI=1S/C16H14N2O/c1-19-15-7-4-6-13(10-15)18-14-9-12-5-2-3-8-16(12)17-11-14/h2-11,18H,1H3. The Bertz CT molecular complexity index is 710. The second-order valence-corrected chi connectivity index (χ2v) is 4.27. The molecule has 1 N–H and O–H groups in total. The number of ether oxygens (including phenoxy) is 1. The van der Waals surface area contributed by atoms with Crippen molar-refractivity contribution in [1.82, 2.24) is 4.98 Å². The molecule has 1 aromatic heterocycles. The molecule has 1 heterocycles. The SMILES string of the molecule is COc1cccc(Nc2cnc3ccccc3c2)c1. The quantitative estimate of drug-likeness (QED) is 0.763. The molecule has 0 saturated carbocycles. The van der Waals surface area contributed by atoms with Gasteiger partial charge in [-0.2, -0.15) is 0 Å². The first-order chi connectivity index (χ1) is 9.35. The third-order valence-corrected chi connectivity index (χ3v) is 2.95. The van der Waals surface area contributed by atoms with E-state index in [9.17, 15) is 0 Å². The van der Waals surface area contributed by atoms with Crippen molar-refractivity contribution in [2.45, 2.75) is 0 Å². The van der Waals surface area contributed by atoms with Crippen LogP contribution in [0.2, 0.25) is 0 Å². The maximum atomic E-state index is 5.21. The van der Waals surface area contributed by atoms with Gasteiger partial charge in [-0.05, 0) is 24.3 Å². The summed E-state index contributed by atoms with van der Waals surface area (Å²) in [6.07, 6.45) is 1.84. The number of para-hydroxylation sites is 1. The van der Waals surface area contributed by atoms with Crippen LogP contribution in [-0.4, -0.2) is 12.1 Å². The summed E-state index contributed by atoms with van der Waals surface area (Å²) in [6.45, 7) is 0. The fourth-order valence-corrected chi connectivity index (χ4v) is 2.01. The Morgan fingerprint density at radius 1 is 0.947 bits per heavy atom. The van der Waals surface area contributed by atoms with Crippen LogP contribution in [0.1, 0.15) is 0 Å². The zero-order valence-corrected chi connectivity index (χ0v) is 10.6. The number of fused-ring (bicyclic) bond motifs is 1. The molecular weight excluding hydrogens is 236 g/mol. The first-order valence-electron chi connectivity index (χ1n) is 6.11. The van der Waals surface area contributed by atoms with Crippen LogP contribution in [0, 0.1) is 0 Å². The average molecular weight is 250 g/mol. The summed E-state index contributed by atoms with van der Waals surface area (Å²) in [5, 5.41) is 4.45. The Balaban J connectivity index is 1.92. The topological polar surface area (TPSA) is 34.1 Å². The fraction of sp³-hybridized carbons (Fsp3) is 0.0625. The van der Waals surface area contributed by atoms with E-state index in [2.05, 4.69) is 22.4 Å². The number of hydrogen-bond acceptors (Lipinski definition) is 3. The van der Waals surface area contributed by atoms with E-state index in [-0.39, 0.29) is 0 Å². The molecule has 0 unspecified atom stereocenters. The second kappa shape index (κ2) is 4.98. The first-order valence-corrected chi connectivity index (χ1v) is 6.11. The van der Waals surface area contributed by atoms with Crippen molar-refractivity contribution in [3.63, 3.8) is 0 Å². The van der Waals surface area contributed by atoms with Crippen LogP contribution in [0.25, 0.3) is 10.9 Å². The summed E-state index contributed by atoms with van der Waals surface area (Å²) in [7, 11) is 1.66. The molecule has 0 aliphatic rings. The summed E-state index contributed by atoms with van der Waals surface area (Å²) < 4.78 is 5.21. The molecule has 0 fully saturated rings. The maximum Gasteiger partial charge on any atom is 0.120 e. The number of anilines is 2. The number of pyridine rings is 1. The molecule has 19 heavy (non-hydrogen) atoms. The number of nitrogens with one attached hydrogen (secondary N) is 1. The minimum Gasteiger partial charge on any atom is -0.497 e. The van der Waals surface area contributed by atoms with Crippen molar-refractivity contribution in [3.05, 3.63) is 60.8 Å². The number of aromatic nitrogens is 1. The molecule has 0 aliphatic carbocycles. The molecule has 3 aromatic rings. The van der Waals surface area contributed by atoms with Gasteiger partial charge in [0, 0.05) is 17.1 Å². The van der Waals surface area contributed by atoms with E-state index in [1.54, 1.807) is 7.11 Å². The number of benzene rings is 2. The highest BCUT2D eigenvalue weighted by Gasteiger charge is 1.99. The summed E-state index contributed by atoms with van der Waals surface area (Å²) >= 11 is 0. The molecular formula is C16H14N2O. The van der Waals surface area contributed by atoms with Crippen molar-refractivity contribution in [1.29, 1.82) is 0 Å². The van der Waals surface area contributed by atoms with E-state index in [1.165, 1.54) is 0 Å². The van der Waals surface area contributed by atoms with Gasteiger partial charge in [-0.15, -0.1) is 0 Å². The normalized spacial score (nSPS) is 10.4. The van der Waals surface area contributed by atoms with E-state index in [0.29, 0.717) is 0 Å². The van der Waals surface area contributed by atoms with Crippen LogP contribution in [0.15, 0.2) is 60.8 Å². The Morgan fingerprint density at radius 2 is 1.84 bits per heavy atom. The Kier molecular flexibility index (Phi) is 3.02. The minimum atomic E-state index is 0.832. The number of hydrogen-bond donors (Lipinski definition) is 1. The monoisotopic (exact) mass is 250 g/mol. The molecule has 0 saturated heterocycles. The Labute approximate surface area is 111 Å². The molecule has 0 atom stereocenters. The zero-order valence-electron chi connectivity index (χ0n) is 10.6. The van der Waals surface area contributed by atoms with Gasteiger partial charge in [0.1, 0.15) is 5.75 Å². The van der Waals surface area contributed by atoms with Crippen molar-refractivity contribution in [2.24, 2.45) is 0 Å². The van der Waals surface area contributed by atoms with E-state index < -0.39 is 0 Å². The lowest BCUT2D eigenvalue weighted by atomic mass is 10.2. The van der Waals surface area contributed by atoms with Crippen LogP contribution < -0.4 is 10.1 Å². The third kappa shape index (κ3) is 2.50. The summed E-state index contributed by atoms with van der Waals surface area (Å²) in [5.41, 5.74) is 2.95. The third-order valence-electron chi connectivity index (χ3n) is 2.95. The number of rotatable bonds is 3. The van der Waals surface area contributed by atoms with Gasteiger partial charge in [0.25, 0.3) is 0 Å². The molecule has 94 valence electrons. The largest absolute Gasteiger partial charge is 0.497 e. The lowest BCUT2D eigenvalue weighted by Gasteiger charge is -2.08. The van der Waals surface area contributed by atoms with Crippen LogP contribution in [-0.2, 0) is 0 Å². The molecule has 3 rings (SSSR count). The molecule has 3 nitrogen and oxygen atoms in total. The van der Waals surface area contributed by atoms with Crippen molar-refractivity contribution >= 4 is 22.3 Å². The minimum absolute atomic E-state index is 0.832. The van der Waals surface area contributed by atoms with E-state index in [4.69, 9.17) is 4.74 Å². The molecule has 0 bridgehead atoms. The lowest BCUT2D eigenvalue weighted by molar-refractivity contribution is 0.415. The van der Waals surface area contributed by atoms with Crippen LogP contribution in [0.4, 0.5) is 11.4 Å². The fourth-order valence-electron chi connectivity index (χ4n) is 2.01. The van der Waals surface area contributed by atoms with Crippen LogP contribution >= 0.6 is 0 Å². The molecule has 2 aromatic carbocycles. The molecule has 0 radical (unpaired) electrons. The van der Waals surface area contributed by atoms with Crippen LogP contribution in [0.3, 0.4) is 0 Å². The van der Waals surface area contributed by atoms with Gasteiger partial charge in [-0.1, -0.05) is 24.3 Å². The van der Waals surface area contributed by atoms with Crippen molar-refractivity contribution in [2.75, 3.05) is 12.4 Å². The van der Waals surface area contributed by atoms with Crippen molar-refractivity contribution in [3.8, 4) is 5.75 Å². The summed E-state index contributed by atoms with van der Waals surface area (Å²) in [6, 6.07) is 18.0. The maximum absolute atomic E-state index is 5.21. The lowest BCUT2D eigenvalue weighted by Crippen LogP contribution is -1.92. The zero-order chi connectivity index (χ0) is 13.1. The van der Waals surface area contributed by atoms with E-state index in [1.807, 2.05) is 48.7 Å². The summed E-state index contributed by atoms with van der Waals surface area (Å²) in [4.78, 5) is 4.43. The molecule has 0 aliphatic heterocycles. The highest BCUT2D eigenvalue weighted by Crippen LogP contribution is 2.23. The number of methoxy groups -OCH3 is 1. The van der Waals surface area contributed by atoms with Gasteiger partial charge >= 0.3 is 0 Å². The van der Waals surface area contributed by atoms with Gasteiger partial charge in [0.15, 0.2) is 0 Å². The Morgan fingerprint density at radius 3 is 2.74 bits per heavy atom.